The number of fused-ring (bicyclic) bond motifs is 1. The summed E-state index contributed by atoms with van der Waals surface area (Å²) in [5.74, 6) is 0. The predicted octanol–water partition coefficient (Wildman–Crippen LogP) is 2.19. The van der Waals surface area contributed by atoms with Crippen molar-refractivity contribution in [3.05, 3.63) is 11.6 Å². The molecule has 2 N–H and O–H groups in total. The molecule has 1 aromatic rings. The molecule has 0 amide bonds. The summed E-state index contributed by atoms with van der Waals surface area (Å²) in [6.45, 7) is 5.15. The van der Waals surface area contributed by atoms with Crippen molar-refractivity contribution in [3.63, 3.8) is 0 Å². The van der Waals surface area contributed by atoms with E-state index in [1.165, 1.54) is 18.4 Å². The lowest BCUT2D eigenvalue weighted by Gasteiger charge is -2.27. The standard InChI is InChI=1S/C11H18N2O2S3/c1-4-13-9-5-7(2)16-11-8(9)6-10(17-11)18(14,15)12-3/h6-7,9,12-13H,4-5H2,1-3H3/t7?,9-/m0/s1. The van der Waals surface area contributed by atoms with Crippen LogP contribution in [0.25, 0.3) is 0 Å². The van der Waals surface area contributed by atoms with E-state index in [9.17, 15) is 8.42 Å². The van der Waals surface area contributed by atoms with Crippen molar-refractivity contribution in [3.8, 4) is 0 Å². The molecule has 102 valence electrons. The van der Waals surface area contributed by atoms with Crippen molar-refractivity contribution in [2.75, 3.05) is 13.6 Å². The highest BCUT2D eigenvalue weighted by atomic mass is 32.3. The molecule has 1 unspecified atom stereocenters. The van der Waals surface area contributed by atoms with Crippen molar-refractivity contribution < 1.29 is 8.42 Å². The zero-order valence-corrected chi connectivity index (χ0v) is 13.1. The first-order chi connectivity index (χ1) is 8.47. The van der Waals surface area contributed by atoms with Gasteiger partial charge >= 0.3 is 0 Å². The van der Waals surface area contributed by atoms with Crippen molar-refractivity contribution in [2.24, 2.45) is 0 Å². The largest absolute Gasteiger partial charge is 0.310 e. The number of nitrogens with one attached hydrogen (secondary N) is 2. The average Bonchev–Trinajstić information content (AvgIpc) is 2.74. The molecule has 2 atom stereocenters. The Balaban J connectivity index is 2.40. The third-order valence-electron chi connectivity index (χ3n) is 2.94. The Morgan fingerprint density at radius 2 is 2.22 bits per heavy atom. The maximum absolute atomic E-state index is 11.8. The van der Waals surface area contributed by atoms with Gasteiger partial charge in [-0.2, -0.15) is 0 Å². The Morgan fingerprint density at radius 1 is 1.50 bits per heavy atom. The third-order valence-corrected chi connectivity index (χ3v) is 7.35. The monoisotopic (exact) mass is 306 g/mol. The Labute approximate surface area is 117 Å². The smallest absolute Gasteiger partial charge is 0.249 e. The predicted molar refractivity (Wildman–Crippen MR) is 76.9 cm³/mol. The van der Waals surface area contributed by atoms with Gasteiger partial charge in [0.15, 0.2) is 0 Å². The molecular formula is C11H18N2O2S3. The number of sulfonamides is 1. The minimum atomic E-state index is -3.32. The quantitative estimate of drug-likeness (QED) is 0.895. The number of rotatable bonds is 4. The Morgan fingerprint density at radius 3 is 2.83 bits per heavy atom. The topological polar surface area (TPSA) is 58.2 Å². The first-order valence-electron chi connectivity index (χ1n) is 5.95. The molecule has 18 heavy (non-hydrogen) atoms. The zero-order chi connectivity index (χ0) is 13.3. The normalized spacial score (nSPS) is 23.9. The van der Waals surface area contributed by atoms with Gasteiger partial charge in [0.05, 0.1) is 4.21 Å². The first kappa shape index (κ1) is 14.3. The molecule has 4 nitrogen and oxygen atoms in total. The van der Waals surface area contributed by atoms with Gasteiger partial charge in [0, 0.05) is 11.3 Å². The molecule has 0 radical (unpaired) electrons. The molecule has 0 aromatic carbocycles. The average molecular weight is 306 g/mol. The van der Waals surface area contributed by atoms with Gasteiger partial charge in [0.25, 0.3) is 0 Å². The van der Waals surface area contributed by atoms with Gasteiger partial charge in [-0.05, 0) is 31.6 Å². The molecule has 1 aromatic heterocycles. The molecule has 0 saturated heterocycles. The highest BCUT2D eigenvalue weighted by molar-refractivity contribution is 8.02. The number of hydrogen-bond acceptors (Lipinski definition) is 5. The van der Waals surface area contributed by atoms with Crippen molar-refractivity contribution in [2.45, 2.75) is 40.0 Å². The number of thiophene rings is 1. The molecular weight excluding hydrogens is 288 g/mol. The van der Waals surface area contributed by atoms with Crippen LogP contribution >= 0.6 is 23.1 Å². The molecule has 0 fully saturated rings. The summed E-state index contributed by atoms with van der Waals surface area (Å²) >= 11 is 3.15. The van der Waals surface area contributed by atoms with E-state index in [2.05, 4.69) is 23.9 Å². The molecule has 0 saturated carbocycles. The molecule has 1 aliphatic heterocycles. The molecule has 2 heterocycles. The summed E-state index contributed by atoms with van der Waals surface area (Å²) < 4.78 is 27.6. The van der Waals surface area contributed by atoms with Gasteiger partial charge in [0.2, 0.25) is 10.0 Å². The van der Waals surface area contributed by atoms with Crippen molar-refractivity contribution in [1.82, 2.24) is 10.0 Å². The van der Waals surface area contributed by atoms with Crippen LogP contribution in [-0.4, -0.2) is 27.3 Å². The maximum atomic E-state index is 11.8. The fraction of sp³-hybridized carbons (Fsp3) is 0.636. The van der Waals surface area contributed by atoms with Gasteiger partial charge < -0.3 is 5.32 Å². The van der Waals surface area contributed by atoms with E-state index in [0.29, 0.717) is 9.46 Å². The van der Waals surface area contributed by atoms with E-state index < -0.39 is 10.0 Å². The van der Waals surface area contributed by atoms with E-state index in [4.69, 9.17) is 0 Å². The maximum Gasteiger partial charge on any atom is 0.249 e. The summed E-state index contributed by atoms with van der Waals surface area (Å²) in [5.41, 5.74) is 1.14. The molecule has 0 spiro atoms. The number of thioether (sulfide) groups is 1. The summed E-state index contributed by atoms with van der Waals surface area (Å²) in [5, 5.41) is 3.95. The van der Waals surface area contributed by atoms with Crippen LogP contribution in [0.3, 0.4) is 0 Å². The molecule has 1 aliphatic rings. The second-order valence-electron chi connectivity index (χ2n) is 4.29. The number of hydrogen-bond donors (Lipinski definition) is 2. The highest BCUT2D eigenvalue weighted by Gasteiger charge is 2.29. The van der Waals surface area contributed by atoms with Crippen molar-refractivity contribution in [1.29, 1.82) is 0 Å². The Kier molecular flexibility index (Phi) is 4.38. The third kappa shape index (κ3) is 2.75. The first-order valence-corrected chi connectivity index (χ1v) is 9.13. The summed E-state index contributed by atoms with van der Waals surface area (Å²) in [7, 11) is -1.87. The zero-order valence-electron chi connectivity index (χ0n) is 10.7. The van der Waals surface area contributed by atoms with E-state index in [0.717, 1.165) is 22.7 Å². The summed E-state index contributed by atoms with van der Waals surface area (Å²) in [6.07, 6.45) is 1.04. The fourth-order valence-corrected chi connectivity index (χ4v) is 6.28. The Hall–Kier alpha value is -0.0800. The van der Waals surface area contributed by atoms with Gasteiger partial charge in [-0.25, -0.2) is 13.1 Å². The minimum absolute atomic E-state index is 0.276. The van der Waals surface area contributed by atoms with Crippen LogP contribution in [0.1, 0.15) is 31.9 Å². The molecule has 0 aliphatic carbocycles. The summed E-state index contributed by atoms with van der Waals surface area (Å²) in [4.78, 5) is 0. The van der Waals surface area contributed by atoms with Crippen LogP contribution in [-0.2, 0) is 10.0 Å². The van der Waals surface area contributed by atoms with Crippen LogP contribution < -0.4 is 10.0 Å². The van der Waals surface area contributed by atoms with Gasteiger partial charge in [-0.15, -0.1) is 23.1 Å². The van der Waals surface area contributed by atoms with Crippen LogP contribution in [0.15, 0.2) is 14.5 Å². The van der Waals surface area contributed by atoms with E-state index in [-0.39, 0.29) is 6.04 Å². The fourth-order valence-electron chi connectivity index (χ4n) is 2.06. The molecule has 2 rings (SSSR count). The summed E-state index contributed by atoms with van der Waals surface area (Å²) in [6, 6.07) is 2.09. The van der Waals surface area contributed by atoms with Gasteiger partial charge in [-0.3, -0.25) is 0 Å². The van der Waals surface area contributed by atoms with Crippen LogP contribution in [0, 0.1) is 0 Å². The van der Waals surface area contributed by atoms with Crippen molar-refractivity contribution >= 4 is 33.1 Å². The lowest BCUT2D eigenvalue weighted by molar-refractivity contribution is 0.503. The van der Waals surface area contributed by atoms with E-state index in [1.54, 1.807) is 11.8 Å². The Bertz CT molecular complexity index is 524. The van der Waals surface area contributed by atoms with Gasteiger partial charge in [0.1, 0.15) is 4.21 Å². The minimum Gasteiger partial charge on any atom is -0.310 e. The van der Waals surface area contributed by atoms with E-state index in [1.807, 2.05) is 6.07 Å². The lowest BCUT2D eigenvalue weighted by atomic mass is 10.1. The second-order valence-corrected chi connectivity index (χ2v) is 9.16. The van der Waals surface area contributed by atoms with Crippen LogP contribution in [0.5, 0.6) is 0 Å². The molecule has 7 heteroatoms. The van der Waals surface area contributed by atoms with Crippen LogP contribution in [0.2, 0.25) is 0 Å². The lowest BCUT2D eigenvalue weighted by Crippen LogP contribution is -2.26. The highest BCUT2D eigenvalue weighted by Crippen LogP contribution is 2.46. The van der Waals surface area contributed by atoms with Crippen LogP contribution in [0.4, 0.5) is 0 Å². The molecule has 0 bridgehead atoms. The van der Waals surface area contributed by atoms with E-state index >= 15 is 0 Å². The van der Waals surface area contributed by atoms with Gasteiger partial charge in [-0.1, -0.05) is 13.8 Å². The second kappa shape index (κ2) is 5.50. The SMILES string of the molecule is CCN[C@H]1CC(C)Sc2sc(S(=O)(=O)NC)cc21.